The van der Waals surface area contributed by atoms with Crippen molar-refractivity contribution in [3.8, 4) is 0 Å². The largest absolute Gasteiger partial charge is 0.459 e. The summed E-state index contributed by atoms with van der Waals surface area (Å²) in [6, 6.07) is 4.66. The maximum Gasteiger partial charge on any atom is 0.340 e. The molecule has 4 rings (SSSR count). The second kappa shape index (κ2) is 6.61. The molecule has 2 aliphatic rings. The minimum atomic E-state index is -2.57. The summed E-state index contributed by atoms with van der Waals surface area (Å²) in [6.07, 6.45) is 2.37. The molecule has 26 heavy (non-hydrogen) atoms. The van der Waals surface area contributed by atoms with Crippen molar-refractivity contribution in [3.63, 3.8) is 0 Å². The molecular weight excluding hydrogens is 345 g/mol. The number of rotatable bonds is 4. The highest BCUT2D eigenvalue weighted by atomic mass is 19.3. The molecule has 3 atom stereocenters. The van der Waals surface area contributed by atoms with E-state index in [-0.39, 0.29) is 11.7 Å². The number of aromatic nitrogens is 1. The number of halogens is 3. The van der Waals surface area contributed by atoms with E-state index in [0.29, 0.717) is 23.0 Å². The van der Waals surface area contributed by atoms with Crippen LogP contribution in [-0.4, -0.2) is 47.1 Å². The second-order valence-corrected chi connectivity index (χ2v) is 7.30. The van der Waals surface area contributed by atoms with E-state index in [2.05, 4.69) is 11.9 Å². The van der Waals surface area contributed by atoms with Crippen LogP contribution in [0.5, 0.6) is 0 Å². The van der Waals surface area contributed by atoms with E-state index in [1.807, 2.05) is 0 Å². The minimum absolute atomic E-state index is 0.145. The molecule has 0 radical (unpaired) electrons. The number of carbonyl (C=O) groups is 1. The van der Waals surface area contributed by atoms with Crippen LogP contribution in [0.2, 0.25) is 0 Å². The molecule has 0 saturated carbocycles. The molecule has 0 N–H and O–H groups in total. The summed E-state index contributed by atoms with van der Waals surface area (Å²) in [6.45, 7) is -0.548. The van der Waals surface area contributed by atoms with Crippen LogP contribution in [0.3, 0.4) is 0 Å². The topological polar surface area (TPSA) is 34.5 Å². The average molecular weight is 366 g/mol. The summed E-state index contributed by atoms with van der Waals surface area (Å²) in [4.78, 5) is 15.0. The quantitative estimate of drug-likeness (QED) is 0.772. The zero-order valence-corrected chi connectivity index (χ0v) is 14.5. The number of fused-ring (bicyclic) bond motifs is 3. The minimum Gasteiger partial charge on any atom is -0.459 e. The third-order valence-corrected chi connectivity index (χ3v) is 5.73. The van der Waals surface area contributed by atoms with E-state index < -0.39 is 24.8 Å². The monoisotopic (exact) mass is 366 g/mol. The first-order valence-electron chi connectivity index (χ1n) is 8.92. The summed E-state index contributed by atoms with van der Waals surface area (Å²) >= 11 is 0. The van der Waals surface area contributed by atoms with Gasteiger partial charge in [-0.1, -0.05) is 0 Å². The normalized spacial score (nSPS) is 26.0. The van der Waals surface area contributed by atoms with E-state index in [1.165, 1.54) is 29.0 Å². The highest BCUT2D eigenvalue weighted by Gasteiger charge is 2.40. The summed E-state index contributed by atoms with van der Waals surface area (Å²) in [5.41, 5.74) is 0.550. The van der Waals surface area contributed by atoms with Crippen LogP contribution in [0.15, 0.2) is 24.4 Å². The van der Waals surface area contributed by atoms with E-state index in [0.717, 1.165) is 25.7 Å². The van der Waals surface area contributed by atoms with Crippen molar-refractivity contribution in [2.75, 3.05) is 7.05 Å². The molecule has 2 fully saturated rings. The first kappa shape index (κ1) is 17.4. The van der Waals surface area contributed by atoms with E-state index in [4.69, 9.17) is 4.74 Å². The fourth-order valence-electron chi connectivity index (χ4n) is 4.40. The number of piperidine rings is 1. The van der Waals surface area contributed by atoms with Crippen molar-refractivity contribution in [1.82, 2.24) is 9.47 Å². The Morgan fingerprint density at radius 3 is 2.62 bits per heavy atom. The second-order valence-electron chi connectivity index (χ2n) is 7.30. The molecule has 2 aromatic rings. The molecule has 0 spiro atoms. The van der Waals surface area contributed by atoms with Gasteiger partial charge in [-0.2, -0.15) is 0 Å². The van der Waals surface area contributed by atoms with Crippen LogP contribution in [0.25, 0.3) is 10.9 Å². The van der Waals surface area contributed by atoms with E-state index >= 15 is 0 Å². The Kier molecular flexibility index (Phi) is 4.42. The summed E-state index contributed by atoms with van der Waals surface area (Å²) < 4.78 is 46.3. The molecular formula is C19H21F3N2O2. The van der Waals surface area contributed by atoms with Gasteiger partial charge in [0.15, 0.2) is 0 Å². The van der Waals surface area contributed by atoms with Gasteiger partial charge in [-0.15, -0.1) is 0 Å². The zero-order valence-electron chi connectivity index (χ0n) is 14.5. The lowest BCUT2D eigenvalue weighted by Gasteiger charge is -2.35. The van der Waals surface area contributed by atoms with Gasteiger partial charge in [0, 0.05) is 42.0 Å². The van der Waals surface area contributed by atoms with Crippen molar-refractivity contribution in [1.29, 1.82) is 0 Å². The lowest BCUT2D eigenvalue weighted by atomic mass is 10.0. The fraction of sp³-hybridized carbons (Fsp3) is 0.526. The number of hydrogen-bond acceptors (Lipinski definition) is 3. The number of nitrogens with zero attached hydrogens (tertiary/aromatic N) is 2. The van der Waals surface area contributed by atoms with Gasteiger partial charge in [0.25, 0.3) is 6.43 Å². The molecule has 2 aliphatic heterocycles. The van der Waals surface area contributed by atoms with Gasteiger partial charge in [0.05, 0.1) is 12.1 Å². The van der Waals surface area contributed by atoms with Gasteiger partial charge in [0.1, 0.15) is 11.9 Å². The molecule has 2 saturated heterocycles. The van der Waals surface area contributed by atoms with Crippen LogP contribution in [-0.2, 0) is 11.3 Å². The Labute approximate surface area is 149 Å². The zero-order chi connectivity index (χ0) is 18.4. The smallest absolute Gasteiger partial charge is 0.340 e. The lowest BCUT2D eigenvalue weighted by molar-refractivity contribution is -0.000317. The first-order valence-corrected chi connectivity index (χ1v) is 8.92. The molecule has 4 nitrogen and oxygen atoms in total. The molecule has 140 valence electrons. The molecule has 0 aliphatic carbocycles. The molecule has 0 amide bonds. The van der Waals surface area contributed by atoms with Gasteiger partial charge in [-0.3, -0.25) is 0 Å². The van der Waals surface area contributed by atoms with E-state index in [1.54, 1.807) is 0 Å². The third-order valence-electron chi connectivity index (χ3n) is 5.73. The van der Waals surface area contributed by atoms with Crippen LogP contribution >= 0.6 is 0 Å². The average Bonchev–Trinajstić information content (AvgIpc) is 3.00. The lowest BCUT2D eigenvalue weighted by Crippen LogP contribution is -2.43. The summed E-state index contributed by atoms with van der Waals surface area (Å²) in [5.74, 6) is -1.08. The van der Waals surface area contributed by atoms with Crippen molar-refractivity contribution >= 4 is 16.9 Å². The van der Waals surface area contributed by atoms with Gasteiger partial charge in [-0.25, -0.2) is 18.0 Å². The Bertz CT molecular complexity index is 822. The summed E-state index contributed by atoms with van der Waals surface area (Å²) in [5, 5.41) is 0.312. The Morgan fingerprint density at radius 2 is 1.96 bits per heavy atom. The number of ether oxygens (including phenoxy) is 1. The Balaban J connectivity index is 1.59. The maximum atomic E-state index is 13.6. The standard InChI is InChI=1S/C19H21F3N2O2/c1-23-12-3-4-13(23)8-14(7-12)26-19(25)16-9-24(10-18(21)22)17-5-2-11(20)6-15(16)17/h2,5-6,9,12-14,18H,3-4,7-8,10H2,1H3/t12-,13+,14-. The third kappa shape index (κ3) is 3.09. The molecule has 2 bridgehead atoms. The fourth-order valence-corrected chi connectivity index (χ4v) is 4.40. The first-order chi connectivity index (χ1) is 12.4. The molecule has 3 heterocycles. The van der Waals surface area contributed by atoms with Crippen molar-refractivity contribution in [3.05, 3.63) is 35.8 Å². The predicted molar refractivity (Wildman–Crippen MR) is 90.9 cm³/mol. The SMILES string of the molecule is CN1[C@@H]2CC[C@H]1C[C@H](OC(=O)c1cn(CC(F)F)c3ccc(F)cc13)C2. The Hall–Kier alpha value is -2.02. The van der Waals surface area contributed by atoms with Crippen molar-refractivity contribution in [2.45, 2.75) is 56.8 Å². The van der Waals surface area contributed by atoms with Gasteiger partial charge in [-0.05, 0) is 38.1 Å². The molecule has 1 aromatic carbocycles. The number of benzene rings is 1. The number of alkyl halides is 2. The van der Waals surface area contributed by atoms with Gasteiger partial charge < -0.3 is 14.2 Å². The van der Waals surface area contributed by atoms with Crippen LogP contribution in [0.1, 0.15) is 36.0 Å². The number of esters is 1. The summed E-state index contributed by atoms with van der Waals surface area (Å²) in [7, 11) is 2.10. The van der Waals surface area contributed by atoms with Crippen molar-refractivity contribution < 1.29 is 22.7 Å². The van der Waals surface area contributed by atoms with Gasteiger partial charge >= 0.3 is 5.97 Å². The Morgan fingerprint density at radius 1 is 1.27 bits per heavy atom. The molecule has 1 aromatic heterocycles. The number of carbonyl (C=O) groups excluding carboxylic acids is 1. The molecule has 7 heteroatoms. The number of hydrogen-bond donors (Lipinski definition) is 0. The highest BCUT2D eigenvalue weighted by molar-refractivity contribution is 6.04. The highest BCUT2D eigenvalue weighted by Crippen LogP contribution is 2.36. The molecule has 0 unspecified atom stereocenters. The maximum absolute atomic E-state index is 13.6. The van der Waals surface area contributed by atoms with Gasteiger partial charge in [0.2, 0.25) is 0 Å². The predicted octanol–water partition coefficient (Wildman–Crippen LogP) is 3.83. The van der Waals surface area contributed by atoms with Crippen LogP contribution in [0.4, 0.5) is 13.2 Å². The van der Waals surface area contributed by atoms with Crippen molar-refractivity contribution in [2.24, 2.45) is 0 Å². The van der Waals surface area contributed by atoms with Crippen LogP contribution in [0, 0.1) is 5.82 Å². The van der Waals surface area contributed by atoms with Crippen LogP contribution < -0.4 is 0 Å². The van der Waals surface area contributed by atoms with E-state index in [9.17, 15) is 18.0 Å².